The Kier molecular flexibility index (Phi) is 5.02. The first-order valence-corrected chi connectivity index (χ1v) is 10.4. The van der Waals surface area contributed by atoms with Gasteiger partial charge in [-0.05, 0) is 33.2 Å². The molecule has 0 saturated heterocycles. The summed E-state index contributed by atoms with van der Waals surface area (Å²) in [5.41, 5.74) is 0. The van der Waals surface area contributed by atoms with Crippen LogP contribution in [0.3, 0.4) is 0 Å². The quantitative estimate of drug-likeness (QED) is 0.756. The van der Waals surface area contributed by atoms with E-state index in [-0.39, 0.29) is 17.9 Å². The van der Waals surface area contributed by atoms with Crippen LogP contribution in [0.5, 0.6) is 0 Å². The molecule has 0 saturated carbocycles. The van der Waals surface area contributed by atoms with Crippen molar-refractivity contribution in [3.05, 3.63) is 21.7 Å². The van der Waals surface area contributed by atoms with Crippen LogP contribution in [0.4, 0.5) is 0 Å². The summed E-state index contributed by atoms with van der Waals surface area (Å²) >= 11 is 9.82. The molecule has 0 aromatic heterocycles. The predicted octanol–water partition coefficient (Wildman–Crippen LogP) is 3.83. The van der Waals surface area contributed by atoms with Crippen molar-refractivity contribution in [2.75, 3.05) is 0 Å². The zero-order chi connectivity index (χ0) is 15.0. The lowest BCUT2D eigenvalue weighted by Gasteiger charge is -2.49. The van der Waals surface area contributed by atoms with Gasteiger partial charge < -0.3 is 9.70 Å². The van der Waals surface area contributed by atoms with Gasteiger partial charge in [0, 0.05) is 16.3 Å². The number of amides is 1. The van der Waals surface area contributed by atoms with Crippen molar-refractivity contribution in [3.63, 3.8) is 0 Å². The van der Waals surface area contributed by atoms with Gasteiger partial charge in [-0.15, -0.1) is 0 Å². The molecule has 1 N–H and O–H groups in total. The summed E-state index contributed by atoms with van der Waals surface area (Å²) in [5, 5.41) is 3.09. The molecule has 0 bridgehead atoms. The largest absolute Gasteiger partial charge is 0.424 e. The molecule has 0 aromatic rings. The Morgan fingerprint density at radius 1 is 1.47 bits per heavy atom. The average Bonchev–Trinajstić information content (AvgIpc) is 2.19. The molecule has 0 aliphatic carbocycles. The van der Waals surface area contributed by atoms with Crippen molar-refractivity contribution in [3.8, 4) is 0 Å². The van der Waals surface area contributed by atoms with E-state index in [1.54, 1.807) is 0 Å². The lowest BCUT2D eigenvalue weighted by atomic mass is 9.74. The Morgan fingerprint density at radius 2 is 2.00 bits per heavy atom. The minimum Gasteiger partial charge on any atom is -0.424 e. The molecule has 7 heteroatoms. The molecule has 0 radical (unpaired) electrons. The van der Waals surface area contributed by atoms with Crippen LogP contribution in [0.1, 0.15) is 27.7 Å². The van der Waals surface area contributed by atoms with E-state index in [9.17, 15) is 4.79 Å². The number of allylic oxidation sites excluding steroid dienone is 2. The molecule has 0 atom stereocenters. The number of rotatable bonds is 2. The topological polar surface area (TPSA) is 32.3 Å². The summed E-state index contributed by atoms with van der Waals surface area (Å²) in [4.78, 5) is 12.1. The minimum atomic E-state index is -1.83. The molecule has 106 valence electrons. The standard InChI is InChI=1S/C12H21BBrClN2OSi/c1-9(18)16-13-11(15)7-10(14)8-17(13)19(5,6)12(2,3)4/h7-8H,1-6H3,(H,16,18). The van der Waals surface area contributed by atoms with Crippen LogP contribution in [0.25, 0.3) is 0 Å². The molecule has 1 heterocycles. The third kappa shape index (κ3) is 3.67. The molecule has 1 rings (SSSR count). The van der Waals surface area contributed by atoms with Crippen LogP contribution in [-0.4, -0.2) is 25.6 Å². The molecule has 1 amide bonds. The van der Waals surface area contributed by atoms with E-state index in [1.165, 1.54) is 6.92 Å². The number of hydrogen-bond donors (Lipinski definition) is 1. The number of nitrogens with zero attached hydrogens (tertiary/aromatic N) is 1. The first-order valence-electron chi connectivity index (χ1n) is 6.27. The summed E-state index contributed by atoms with van der Waals surface area (Å²) in [7, 11) is -1.83. The van der Waals surface area contributed by atoms with Crippen molar-refractivity contribution in [1.82, 2.24) is 9.70 Å². The average molecular weight is 364 g/mol. The summed E-state index contributed by atoms with van der Waals surface area (Å²) in [5.74, 6) is -0.0771. The van der Waals surface area contributed by atoms with Gasteiger partial charge in [0.05, 0.1) is 0 Å². The molecule has 1 aliphatic rings. The molecular formula is C12H21BBrClN2OSi. The normalized spacial score (nSPS) is 17.1. The molecule has 0 fully saturated rings. The van der Waals surface area contributed by atoms with E-state index in [4.69, 9.17) is 11.6 Å². The zero-order valence-corrected chi connectivity index (χ0v) is 15.7. The first-order chi connectivity index (χ1) is 8.46. The summed E-state index contributed by atoms with van der Waals surface area (Å²) in [6.07, 6.45) is 3.88. The third-order valence-electron chi connectivity index (χ3n) is 3.90. The number of carbonyl (C=O) groups excluding carboxylic acids is 1. The Morgan fingerprint density at radius 3 is 2.42 bits per heavy atom. The van der Waals surface area contributed by atoms with Crippen LogP contribution >= 0.6 is 27.5 Å². The van der Waals surface area contributed by atoms with Gasteiger partial charge in [0.25, 0.3) is 0 Å². The molecule has 1 aliphatic heterocycles. The molecule has 19 heavy (non-hydrogen) atoms. The highest BCUT2D eigenvalue weighted by molar-refractivity contribution is 9.11. The van der Waals surface area contributed by atoms with E-state index in [1.807, 2.05) is 12.3 Å². The van der Waals surface area contributed by atoms with Crippen molar-refractivity contribution in [2.45, 2.75) is 45.8 Å². The fourth-order valence-corrected chi connectivity index (χ4v) is 5.02. The highest BCUT2D eigenvalue weighted by Crippen LogP contribution is 2.41. The molecular weight excluding hydrogens is 342 g/mol. The highest BCUT2D eigenvalue weighted by atomic mass is 79.9. The lowest BCUT2D eigenvalue weighted by Crippen LogP contribution is -2.64. The molecule has 0 aromatic carbocycles. The maximum Gasteiger partial charge on any atom is 0.414 e. The lowest BCUT2D eigenvalue weighted by molar-refractivity contribution is -0.117. The highest BCUT2D eigenvalue weighted by Gasteiger charge is 2.46. The second-order valence-corrected chi connectivity index (χ2v) is 12.8. The Balaban J connectivity index is 3.21. The van der Waals surface area contributed by atoms with Gasteiger partial charge in [-0.2, -0.15) is 0 Å². The molecule has 0 unspecified atom stereocenters. The van der Waals surface area contributed by atoms with E-state index < -0.39 is 8.24 Å². The first kappa shape index (κ1) is 16.9. The number of carbonyl (C=O) groups is 1. The number of nitrogens with one attached hydrogen (secondary N) is 1. The van der Waals surface area contributed by atoms with Crippen LogP contribution in [0, 0.1) is 0 Å². The van der Waals surface area contributed by atoms with Crippen LogP contribution in [-0.2, 0) is 4.79 Å². The fraction of sp³-hybridized carbons (Fsp3) is 0.583. The predicted molar refractivity (Wildman–Crippen MR) is 89.6 cm³/mol. The maximum atomic E-state index is 11.4. The third-order valence-corrected chi connectivity index (χ3v) is 10.00. The monoisotopic (exact) mass is 362 g/mol. The van der Waals surface area contributed by atoms with E-state index >= 15 is 0 Å². The Hall–Kier alpha value is -0.198. The molecule has 0 spiro atoms. The van der Waals surface area contributed by atoms with Crippen molar-refractivity contribution in [1.29, 1.82) is 0 Å². The SMILES string of the molecule is CC(=O)NB1C(Cl)=CC(Br)=CN1[Si](C)(C)C(C)(C)C. The number of hydrogen-bond acceptors (Lipinski definition) is 2. The summed E-state index contributed by atoms with van der Waals surface area (Å²) in [6.45, 7) is 12.5. The van der Waals surface area contributed by atoms with Gasteiger partial charge in [0.1, 0.15) is 8.24 Å². The van der Waals surface area contributed by atoms with Gasteiger partial charge in [-0.3, -0.25) is 4.79 Å². The number of halogens is 2. The summed E-state index contributed by atoms with van der Waals surface area (Å²) in [6, 6.07) is 0. The van der Waals surface area contributed by atoms with Gasteiger partial charge in [-0.1, -0.05) is 45.5 Å². The van der Waals surface area contributed by atoms with Crippen LogP contribution in [0.2, 0.25) is 18.1 Å². The van der Waals surface area contributed by atoms with Crippen molar-refractivity contribution < 1.29 is 4.79 Å². The smallest absolute Gasteiger partial charge is 0.414 e. The maximum absolute atomic E-state index is 11.4. The molecule has 3 nitrogen and oxygen atoms in total. The van der Waals surface area contributed by atoms with Crippen LogP contribution < -0.4 is 5.23 Å². The van der Waals surface area contributed by atoms with E-state index in [0.29, 0.717) is 4.93 Å². The fourth-order valence-electron chi connectivity index (χ4n) is 1.79. The zero-order valence-electron chi connectivity index (χ0n) is 12.3. The Labute approximate surface area is 130 Å². The second-order valence-electron chi connectivity index (χ2n) is 6.36. The van der Waals surface area contributed by atoms with Crippen molar-refractivity contribution >= 4 is 48.7 Å². The van der Waals surface area contributed by atoms with Crippen molar-refractivity contribution in [2.24, 2.45) is 0 Å². The second kappa shape index (κ2) is 5.66. The summed E-state index contributed by atoms with van der Waals surface area (Å²) < 4.78 is 3.17. The van der Waals surface area contributed by atoms with E-state index in [2.05, 4.69) is 59.5 Å². The van der Waals surface area contributed by atoms with Gasteiger partial charge >= 0.3 is 6.98 Å². The Bertz CT molecular complexity index is 446. The van der Waals surface area contributed by atoms with Gasteiger partial charge in [-0.25, -0.2) is 0 Å². The minimum absolute atomic E-state index is 0.0771. The van der Waals surface area contributed by atoms with Crippen LogP contribution in [0.15, 0.2) is 21.7 Å². The van der Waals surface area contributed by atoms with Gasteiger partial charge in [0.2, 0.25) is 5.91 Å². The van der Waals surface area contributed by atoms with E-state index in [0.717, 1.165) is 4.48 Å². The van der Waals surface area contributed by atoms with Gasteiger partial charge in [0.15, 0.2) is 0 Å².